The third-order valence-electron chi connectivity index (χ3n) is 3.50. The lowest BCUT2D eigenvalue weighted by Crippen LogP contribution is -2.34. The average molecular weight is 300 g/mol. The molecule has 2 aromatic rings. The number of nitriles is 1. The van der Waals surface area contributed by atoms with Gasteiger partial charge in [-0.25, -0.2) is 0 Å². The zero-order valence-corrected chi connectivity index (χ0v) is 13.2. The lowest BCUT2D eigenvalue weighted by Gasteiger charge is -2.28. The van der Waals surface area contributed by atoms with E-state index in [-0.39, 0.29) is 0 Å². The lowest BCUT2D eigenvalue weighted by atomic mass is 10.1. The van der Waals surface area contributed by atoms with E-state index < -0.39 is 6.10 Å². The number of thiophene rings is 1. The van der Waals surface area contributed by atoms with Gasteiger partial charge in [-0.2, -0.15) is 5.26 Å². The van der Waals surface area contributed by atoms with Gasteiger partial charge in [-0.3, -0.25) is 4.90 Å². The molecule has 3 nitrogen and oxygen atoms in total. The zero-order valence-electron chi connectivity index (χ0n) is 12.4. The first kappa shape index (κ1) is 15.7. The van der Waals surface area contributed by atoms with E-state index in [1.165, 1.54) is 4.88 Å². The zero-order chi connectivity index (χ0) is 15.2. The third-order valence-corrected chi connectivity index (χ3v) is 4.36. The molecule has 0 fully saturated rings. The van der Waals surface area contributed by atoms with Crippen LogP contribution in [-0.2, 0) is 6.54 Å². The van der Waals surface area contributed by atoms with Crippen LogP contribution in [-0.4, -0.2) is 22.6 Å². The number of hydrogen-bond acceptors (Lipinski definition) is 4. The fourth-order valence-corrected chi connectivity index (χ4v) is 2.90. The summed E-state index contributed by atoms with van der Waals surface area (Å²) in [4.78, 5) is 3.56. The van der Waals surface area contributed by atoms with Gasteiger partial charge in [0.2, 0.25) is 0 Å². The van der Waals surface area contributed by atoms with Crippen molar-refractivity contribution < 1.29 is 5.11 Å². The summed E-state index contributed by atoms with van der Waals surface area (Å²) in [6.07, 6.45) is -0.542. The second-order valence-electron chi connectivity index (χ2n) is 5.35. The maximum absolute atomic E-state index is 10.4. The molecule has 2 rings (SSSR count). The Labute approximate surface area is 130 Å². The van der Waals surface area contributed by atoms with E-state index in [1.54, 1.807) is 23.5 Å². The minimum Gasteiger partial charge on any atom is -0.387 e. The molecule has 0 aliphatic heterocycles. The van der Waals surface area contributed by atoms with Gasteiger partial charge < -0.3 is 5.11 Å². The summed E-state index contributed by atoms with van der Waals surface area (Å²) < 4.78 is 0. The molecule has 0 bridgehead atoms. The van der Waals surface area contributed by atoms with Gasteiger partial charge >= 0.3 is 0 Å². The Kier molecular flexibility index (Phi) is 5.51. The van der Waals surface area contributed by atoms with Crippen LogP contribution in [0.3, 0.4) is 0 Å². The molecule has 1 aromatic heterocycles. The maximum Gasteiger partial charge on any atom is 0.0991 e. The van der Waals surface area contributed by atoms with Gasteiger partial charge in [0.05, 0.1) is 17.7 Å². The van der Waals surface area contributed by atoms with Crippen LogP contribution in [0.1, 0.15) is 36.0 Å². The molecule has 0 aliphatic rings. The molecule has 0 saturated heterocycles. The Balaban J connectivity index is 2.03. The summed E-state index contributed by atoms with van der Waals surface area (Å²) in [5, 5.41) is 21.3. The Bertz CT molecular complexity index is 584. The number of aliphatic hydroxyl groups is 1. The molecule has 110 valence electrons. The van der Waals surface area contributed by atoms with E-state index >= 15 is 0 Å². The van der Waals surface area contributed by atoms with Crippen LogP contribution in [0, 0.1) is 11.3 Å². The van der Waals surface area contributed by atoms with Crippen LogP contribution in [0.4, 0.5) is 0 Å². The van der Waals surface area contributed by atoms with Crippen LogP contribution in [0.15, 0.2) is 41.8 Å². The highest BCUT2D eigenvalue weighted by Crippen LogP contribution is 2.19. The van der Waals surface area contributed by atoms with Crippen molar-refractivity contribution in [2.24, 2.45) is 0 Å². The molecular weight excluding hydrogens is 280 g/mol. The van der Waals surface area contributed by atoms with Crippen molar-refractivity contribution >= 4 is 11.3 Å². The van der Waals surface area contributed by atoms with Crippen LogP contribution >= 0.6 is 11.3 Å². The van der Waals surface area contributed by atoms with Crippen molar-refractivity contribution in [3.8, 4) is 6.07 Å². The molecule has 0 radical (unpaired) electrons. The first-order valence-corrected chi connectivity index (χ1v) is 7.92. The number of nitrogens with zero attached hydrogens (tertiary/aromatic N) is 2. The monoisotopic (exact) mass is 300 g/mol. The van der Waals surface area contributed by atoms with Gasteiger partial charge in [0.15, 0.2) is 0 Å². The van der Waals surface area contributed by atoms with E-state index in [0.29, 0.717) is 18.2 Å². The first-order valence-electron chi connectivity index (χ1n) is 7.04. The normalized spacial score (nSPS) is 12.6. The Morgan fingerprint density at radius 2 is 1.95 bits per heavy atom. The van der Waals surface area contributed by atoms with Gasteiger partial charge in [-0.05, 0) is 43.0 Å². The molecule has 1 N–H and O–H groups in total. The number of hydrogen-bond donors (Lipinski definition) is 1. The molecule has 0 saturated carbocycles. The Morgan fingerprint density at radius 3 is 2.48 bits per heavy atom. The third kappa shape index (κ3) is 4.40. The van der Waals surface area contributed by atoms with E-state index in [0.717, 1.165) is 12.1 Å². The van der Waals surface area contributed by atoms with Crippen LogP contribution in [0.5, 0.6) is 0 Å². The van der Waals surface area contributed by atoms with E-state index in [1.807, 2.05) is 12.1 Å². The predicted octanol–water partition coefficient (Wildman–Crippen LogP) is 3.56. The molecule has 0 spiro atoms. The van der Waals surface area contributed by atoms with Crippen molar-refractivity contribution in [1.82, 2.24) is 4.90 Å². The fraction of sp³-hybridized carbons (Fsp3) is 0.353. The smallest absolute Gasteiger partial charge is 0.0991 e. The van der Waals surface area contributed by atoms with Crippen molar-refractivity contribution in [2.75, 3.05) is 6.54 Å². The molecular formula is C17H20N2OS. The van der Waals surface area contributed by atoms with Crippen LogP contribution in [0.2, 0.25) is 0 Å². The fourth-order valence-electron chi connectivity index (χ4n) is 2.17. The van der Waals surface area contributed by atoms with Gasteiger partial charge in [0, 0.05) is 24.0 Å². The Morgan fingerprint density at radius 1 is 1.24 bits per heavy atom. The molecule has 1 heterocycles. The highest BCUT2D eigenvalue weighted by molar-refractivity contribution is 7.09. The summed E-state index contributed by atoms with van der Waals surface area (Å²) in [5.41, 5.74) is 1.47. The molecule has 0 aliphatic carbocycles. The van der Waals surface area contributed by atoms with Gasteiger partial charge in [-0.1, -0.05) is 18.2 Å². The van der Waals surface area contributed by atoms with Crippen molar-refractivity contribution in [3.05, 3.63) is 57.8 Å². The van der Waals surface area contributed by atoms with E-state index in [2.05, 4.69) is 42.3 Å². The van der Waals surface area contributed by atoms with Crippen molar-refractivity contribution in [2.45, 2.75) is 32.5 Å². The number of benzene rings is 1. The SMILES string of the molecule is CC(C)N(Cc1cccs1)CC(O)c1ccc(C#N)cc1. The second kappa shape index (κ2) is 7.37. The second-order valence-corrected chi connectivity index (χ2v) is 6.38. The largest absolute Gasteiger partial charge is 0.387 e. The molecule has 4 heteroatoms. The summed E-state index contributed by atoms with van der Waals surface area (Å²) >= 11 is 1.74. The van der Waals surface area contributed by atoms with E-state index in [4.69, 9.17) is 5.26 Å². The molecule has 21 heavy (non-hydrogen) atoms. The minimum absolute atomic E-state index is 0.361. The van der Waals surface area contributed by atoms with Crippen molar-refractivity contribution in [3.63, 3.8) is 0 Å². The number of aliphatic hydroxyl groups excluding tert-OH is 1. The molecule has 0 amide bonds. The maximum atomic E-state index is 10.4. The predicted molar refractivity (Wildman–Crippen MR) is 86.0 cm³/mol. The topological polar surface area (TPSA) is 47.3 Å². The van der Waals surface area contributed by atoms with Crippen molar-refractivity contribution in [1.29, 1.82) is 5.26 Å². The highest BCUT2D eigenvalue weighted by atomic mass is 32.1. The van der Waals surface area contributed by atoms with Gasteiger partial charge in [0.1, 0.15) is 0 Å². The summed E-state index contributed by atoms with van der Waals surface area (Å²) in [7, 11) is 0. The summed E-state index contributed by atoms with van der Waals surface area (Å²) in [5.74, 6) is 0. The summed E-state index contributed by atoms with van der Waals surface area (Å²) in [6, 6.07) is 13.8. The van der Waals surface area contributed by atoms with Crippen LogP contribution in [0.25, 0.3) is 0 Å². The Hall–Kier alpha value is -1.67. The lowest BCUT2D eigenvalue weighted by molar-refractivity contribution is 0.0914. The molecule has 1 aromatic carbocycles. The van der Waals surface area contributed by atoms with Gasteiger partial charge in [0.25, 0.3) is 0 Å². The highest BCUT2D eigenvalue weighted by Gasteiger charge is 2.17. The molecule has 1 unspecified atom stereocenters. The quantitative estimate of drug-likeness (QED) is 0.887. The standard InChI is InChI=1S/C17H20N2OS/c1-13(2)19(11-16-4-3-9-21-16)12-17(20)15-7-5-14(10-18)6-8-15/h3-9,13,17,20H,11-12H2,1-2H3. The van der Waals surface area contributed by atoms with E-state index in [9.17, 15) is 5.11 Å². The molecule has 1 atom stereocenters. The van der Waals surface area contributed by atoms with Gasteiger partial charge in [-0.15, -0.1) is 11.3 Å². The minimum atomic E-state index is -0.542. The summed E-state index contributed by atoms with van der Waals surface area (Å²) in [6.45, 7) is 5.71. The first-order chi connectivity index (χ1) is 10.1. The number of rotatable bonds is 6. The average Bonchev–Trinajstić information content (AvgIpc) is 2.99. The van der Waals surface area contributed by atoms with Crippen LogP contribution < -0.4 is 0 Å².